The van der Waals surface area contributed by atoms with E-state index in [1.54, 1.807) is 30.3 Å². The number of carbonyl (C=O) groups excluding carboxylic acids is 1. The molecule has 3 rings (SSSR count). The van der Waals surface area contributed by atoms with Crippen LogP contribution in [0.3, 0.4) is 0 Å². The summed E-state index contributed by atoms with van der Waals surface area (Å²) in [5.74, 6) is 1.13. The number of rotatable bonds is 3. The zero-order valence-corrected chi connectivity index (χ0v) is 12.6. The number of hydrogen-bond donors (Lipinski definition) is 1. The van der Waals surface area contributed by atoms with Gasteiger partial charge in [0.15, 0.2) is 0 Å². The second-order valence-corrected chi connectivity index (χ2v) is 5.78. The molecule has 0 aliphatic carbocycles. The lowest BCUT2D eigenvalue weighted by Crippen LogP contribution is -2.15. The molecule has 0 spiro atoms. The van der Waals surface area contributed by atoms with Crippen LogP contribution in [0.2, 0.25) is 0 Å². The van der Waals surface area contributed by atoms with Crippen LogP contribution < -0.4 is 5.32 Å². The van der Waals surface area contributed by atoms with E-state index in [0.717, 1.165) is 17.3 Å². The number of nitro groups is 1. The molecule has 1 aliphatic heterocycles. The second-order valence-electron chi connectivity index (χ2n) is 4.36. The quantitative estimate of drug-likeness (QED) is 0.396. The number of thioether (sulfide) groups is 1. The number of furan rings is 1. The van der Waals surface area contributed by atoms with Gasteiger partial charge in [0.1, 0.15) is 16.5 Å². The number of nitrogens with one attached hydrogen (secondary N) is 1. The number of hydrogen-bond acceptors (Lipinski definition) is 6. The normalized spacial score (nSPS) is 16.1. The first-order valence-electron chi connectivity index (χ1n) is 6.12. The lowest BCUT2D eigenvalue weighted by atomic mass is 10.1. The number of thiocarbonyl (C=S) groups is 1. The van der Waals surface area contributed by atoms with Crippen LogP contribution in [0.5, 0.6) is 0 Å². The molecule has 1 fully saturated rings. The van der Waals surface area contributed by atoms with Crippen molar-refractivity contribution in [2.45, 2.75) is 0 Å². The van der Waals surface area contributed by atoms with E-state index >= 15 is 0 Å². The third-order valence-corrected chi connectivity index (χ3v) is 4.19. The third-order valence-electron chi connectivity index (χ3n) is 2.90. The van der Waals surface area contributed by atoms with E-state index in [1.807, 2.05) is 0 Å². The van der Waals surface area contributed by atoms with E-state index in [-0.39, 0.29) is 10.9 Å². The standard InChI is InChI=1S/C14H8N2O4S2/c17-14-15-13(21)12(22-14)7-10-5-6-11(20-10)8-1-3-9(4-2-8)16(18)19/h1-7H,(H,15,17,21)/b12-7+. The first kappa shape index (κ1) is 14.5. The fourth-order valence-electron chi connectivity index (χ4n) is 1.88. The first-order chi connectivity index (χ1) is 10.5. The third kappa shape index (κ3) is 2.92. The molecule has 0 atom stereocenters. The predicted octanol–water partition coefficient (Wildman–Crippen LogP) is 3.98. The topological polar surface area (TPSA) is 85.4 Å². The van der Waals surface area contributed by atoms with Crippen LogP contribution in [-0.4, -0.2) is 15.2 Å². The summed E-state index contributed by atoms with van der Waals surface area (Å²) in [6, 6.07) is 9.57. The van der Waals surface area contributed by atoms with Crippen molar-refractivity contribution in [2.24, 2.45) is 0 Å². The summed E-state index contributed by atoms with van der Waals surface area (Å²) >= 11 is 6.04. The predicted molar refractivity (Wildman–Crippen MR) is 87.5 cm³/mol. The molecule has 0 saturated carbocycles. The molecule has 0 radical (unpaired) electrons. The molecule has 0 bridgehead atoms. The van der Waals surface area contributed by atoms with E-state index in [9.17, 15) is 14.9 Å². The summed E-state index contributed by atoms with van der Waals surface area (Å²) < 4.78 is 5.66. The van der Waals surface area contributed by atoms with Gasteiger partial charge in [-0.1, -0.05) is 12.2 Å². The maximum absolute atomic E-state index is 11.2. The number of nitrogens with zero attached hydrogens (tertiary/aromatic N) is 1. The fraction of sp³-hybridized carbons (Fsp3) is 0. The highest BCUT2D eigenvalue weighted by Gasteiger charge is 2.22. The summed E-state index contributed by atoms with van der Waals surface area (Å²) in [6.45, 7) is 0. The van der Waals surface area contributed by atoms with Crippen molar-refractivity contribution in [3.63, 3.8) is 0 Å². The molecule has 1 amide bonds. The summed E-state index contributed by atoms with van der Waals surface area (Å²) in [5, 5.41) is 12.9. The molecule has 8 heteroatoms. The van der Waals surface area contributed by atoms with Crippen LogP contribution in [0.25, 0.3) is 17.4 Å². The average Bonchev–Trinajstić information content (AvgIpc) is 3.06. The lowest BCUT2D eigenvalue weighted by Gasteiger charge is -1.97. The van der Waals surface area contributed by atoms with Crippen LogP contribution in [0.15, 0.2) is 45.7 Å². The Kier molecular flexibility index (Phi) is 3.78. The molecule has 22 heavy (non-hydrogen) atoms. The molecule has 1 N–H and O–H groups in total. The average molecular weight is 332 g/mol. The van der Waals surface area contributed by atoms with Crippen LogP contribution >= 0.6 is 24.0 Å². The summed E-state index contributed by atoms with van der Waals surface area (Å²) in [7, 11) is 0. The molecular weight excluding hydrogens is 324 g/mol. The van der Waals surface area contributed by atoms with Gasteiger partial charge in [-0.2, -0.15) is 0 Å². The molecule has 0 unspecified atom stereocenters. The Morgan fingerprint density at radius 3 is 2.55 bits per heavy atom. The molecule has 1 saturated heterocycles. The highest BCUT2D eigenvalue weighted by Crippen LogP contribution is 2.29. The van der Waals surface area contributed by atoms with Gasteiger partial charge in [0.2, 0.25) is 0 Å². The minimum atomic E-state index is -0.454. The summed E-state index contributed by atoms with van der Waals surface area (Å²) in [6.07, 6.45) is 1.68. The molecule has 2 aromatic rings. The maximum atomic E-state index is 11.2. The summed E-state index contributed by atoms with van der Waals surface area (Å²) in [5.41, 5.74) is 0.751. The SMILES string of the molecule is O=C1NC(=S)/C(=C\c2ccc(-c3ccc([N+](=O)[O-])cc3)o2)S1. The zero-order chi connectivity index (χ0) is 15.7. The van der Waals surface area contributed by atoms with Crippen molar-refractivity contribution in [3.05, 3.63) is 57.2 Å². The van der Waals surface area contributed by atoms with Gasteiger partial charge in [0.25, 0.3) is 10.9 Å². The van der Waals surface area contributed by atoms with Gasteiger partial charge in [-0.3, -0.25) is 14.9 Å². The first-order valence-corrected chi connectivity index (χ1v) is 7.35. The van der Waals surface area contributed by atoms with Crippen LogP contribution in [0.4, 0.5) is 10.5 Å². The minimum Gasteiger partial charge on any atom is -0.457 e. The molecule has 1 aromatic heterocycles. The minimum absolute atomic E-state index is 0.0231. The van der Waals surface area contributed by atoms with Crippen LogP contribution in [-0.2, 0) is 0 Å². The Bertz CT molecular complexity index is 809. The van der Waals surface area contributed by atoms with Crippen molar-refractivity contribution in [2.75, 3.05) is 0 Å². The van der Waals surface area contributed by atoms with Crippen LogP contribution in [0.1, 0.15) is 5.76 Å². The smallest absolute Gasteiger partial charge is 0.289 e. The van der Waals surface area contributed by atoms with E-state index < -0.39 is 4.92 Å². The van der Waals surface area contributed by atoms with Gasteiger partial charge >= 0.3 is 0 Å². The van der Waals surface area contributed by atoms with Crippen molar-refractivity contribution in [1.82, 2.24) is 5.32 Å². The highest BCUT2D eigenvalue weighted by molar-refractivity contribution is 8.19. The van der Waals surface area contributed by atoms with Crippen molar-refractivity contribution in [1.29, 1.82) is 0 Å². The van der Waals surface area contributed by atoms with Crippen molar-refractivity contribution >= 4 is 46.0 Å². The monoisotopic (exact) mass is 332 g/mol. The van der Waals surface area contributed by atoms with Gasteiger partial charge in [0.05, 0.1) is 9.83 Å². The van der Waals surface area contributed by atoms with Gasteiger partial charge in [-0.25, -0.2) is 0 Å². The number of carbonyl (C=O) groups is 1. The van der Waals surface area contributed by atoms with Gasteiger partial charge in [-0.05, 0) is 42.1 Å². The van der Waals surface area contributed by atoms with Crippen LogP contribution in [0, 0.1) is 10.1 Å². The second kappa shape index (κ2) is 5.74. The van der Waals surface area contributed by atoms with E-state index in [1.165, 1.54) is 12.1 Å². The van der Waals surface area contributed by atoms with Crippen molar-refractivity contribution < 1.29 is 14.1 Å². The van der Waals surface area contributed by atoms with Gasteiger partial charge < -0.3 is 9.73 Å². The largest absolute Gasteiger partial charge is 0.457 e. The molecule has 1 aliphatic rings. The molecule has 110 valence electrons. The number of non-ortho nitro benzene ring substituents is 1. The zero-order valence-electron chi connectivity index (χ0n) is 10.9. The Balaban J connectivity index is 1.85. The number of benzene rings is 1. The Morgan fingerprint density at radius 1 is 1.23 bits per heavy atom. The molecule has 2 heterocycles. The molecule has 1 aromatic carbocycles. The number of amides is 1. The summed E-state index contributed by atoms with van der Waals surface area (Å²) in [4.78, 5) is 22.4. The Labute approximate surface area is 134 Å². The van der Waals surface area contributed by atoms with E-state index in [2.05, 4.69) is 5.32 Å². The molecular formula is C14H8N2O4S2. The number of nitro benzene ring substituents is 1. The van der Waals surface area contributed by atoms with Gasteiger partial charge in [0, 0.05) is 17.7 Å². The molecule has 6 nitrogen and oxygen atoms in total. The fourth-order valence-corrected chi connectivity index (χ4v) is 2.90. The van der Waals surface area contributed by atoms with E-state index in [4.69, 9.17) is 16.6 Å². The Morgan fingerprint density at radius 2 is 1.95 bits per heavy atom. The Hall–Kier alpha value is -2.45. The van der Waals surface area contributed by atoms with Gasteiger partial charge in [-0.15, -0.1) is 0 Å². The lowest BCUT2D eigenvalue weighted by molar-refractivity contribution is -0.384. The highest BCUT2D eigenvalue weighted by atomic mass is 32.2. The maximum Gasteiger partial charge on any atom is 0.289 e. The van der Waals surface area contributed by atoms with Crippen molar-refractivity contribution in [3.8, 4) is 11.3 Å². The van der Waals surface area contributed by atoms with E-state index in [0.29, 0.717) is 21.4 Å².